The summed E-state index contributed by atoms with van der Waals surface area (Å²) in [7, 11) is -3.84. The van der Waals surface area contributed by atoms with Crippen LogP contribution in [-0.4, -0.2) is 20.1 Å². The number of nitrogen functional groups attached to an aromatic ring is 1. The van der Waals surface area contributed by atoms with Gasteiger partial charge in [-0.05, 0) is 23.8 Å². The highest BCUT2D eigenvalue weighted by molar-refractivity contribution is 9.10. The molecule has 2 aromatic rings. The van der Waals surface area contributed by atoms with Crippen LogP contribution in [0.1, 0.15) is 11.6 Å². The summed E-state index contributed by atoms with van der Waals surface area (Å²) < 4.78 is 27.9. The molecule has 0 fully saturated rings. The zero-order valence-electron chi connectivity index (χ0n) is 11.0. The first kappa shape index (κ1) is 16.0. The van der Waals surface area contributed by atoms with Gasteiger partial charge in [0.15, 0.2) is 0 Å². The minimum Gasteiger partial charge on any atom is -0.398 e. The fourth-order valence-corrected chi connectivity index (χ4v) is 3.77. The molecule has 2 aromatic carbocycles. The van der Waals surface area contributed by atoms with Crippen molar-refractivity contribution in [3.05, 3.63) is 58.6 Å². The Bertz CT molecular complexity index is 720. The molecule has 0 aliphatic heterocycles. The fraction of sp³-hybridized carbons (Fsp3) is 0.143. The standard InChI is InChI=1S/C14H15BrN2O3S/c15-11-6-7-12(16)14(8-11)21(19,20)17-13(9-18)10-4-2-1-3-5-10/h1-8,13,17-18H,9,16H2. The van der Waals surface area contributed by atoms with Crippen LogP contribution >= 0.6 is 15.9 Å². The van der Waals surface area contributed by atoms with E-state index in [1.165, 1.54) is 12.1 Å². The lowest BCUT2D eigenvalue weighted by Crippen LogP contribution is -2.31. The van der Waals surface area contributed by atoms with Crippen LogP contribution in [0.3, 0.4) is 0 Å². The number of hydrogen-bond donors (Lipinski definition) is 3. The molecule has 0 heterocycles. The maximum Gasteiger partial charge on any atom is 0.243 e. The summed E-state index contributed by atoms with van der Waals surface area (Å²) in [6.45, 7) is -0.350. The Balaban J connectivity index is 2.34. The van der Waals surface area contributed by atoms with Gasteiger partial charge in [0.2, 0.25) is 10.0 Å². The summed E-state index contributed by atoms with van der Waals surface area (Å²) in [5.41, 5.74) is 6.56. The third kappa shape index (κ3) is 3.82. The molecular formula is C14H15BrN2O3S. The Morgan fingerprint density at radius 1 is 1.19 bits per heavy atom. The van der Waals surface area contributed by atoms with Gasteiger partial charge in [0.25, 0.3) is 0 Å². The molecule has 0 aliphatic carbocycles. The molecule has 0 spiro atoms. The number of halogens is 1. The van der Waals surface area contributed by atoms with Crippen LogP contribution in [0.25, 0.3) is 0 Å². The molecule has 4 N–H and O–H groups in total. The summed E-state index contributed by atoms with van der Waals surface area (Å²) in [5, 5.41) is 9.45. The van der Waals surface area contributed by atoms with E-state index in [1.54, 1.807) is 30.3 Å². The van der Waals surface area contributed by atoms with Crippen molar-refractivity contribution >= 4 is 31.6 Å². The van der Waals surface area contributed by atoms with Crippen LogP contribution in [0.2, 0.25) is 0 Å². The Kier molecular flexibility index (Phi) is 5.00. The van der Waals surface area contributed by atoms with Crippen LogP contribution in [0.4, 0.5) is 5.69 Å². The van der Waals surface area contributed by atoms with Crippen LogP contribution in [-0.2, 0) is 10.0 Å². The quantitative estimate of drug-likeness (QED) is 0.702. The van der Waals surface area contributed by atoms with Gasteiger partial charge in [0, 0.05) is 4.47 Å². The largest absolute Gasteiger partial charge is 0.398 e. The molecule has 112 valence electrons. The van der Waals surface area contributed by atoms with Gasteiger partial charge >= 0.3 is 0 Å². The van der Waals surface area contributed by atoms with Gasteiger partial charge in [-0.2, -0.15) is 0 Å². The molecule has 0 saturated heterocycles. The van der Waals surface area contributed by atoms with E-state index in [0.717, 1.165) is 0 Å². The van der Waals surface area contributed by atoms with E-state index in [9.17, 15) is 13.5 Å². The number of nitrogens with two attached hydrogens (primary N) is 1. The molecule has 0 aromatic heterocycles. The van der Waals surface area contributed by atoms with Crippen molar-refractivity contribution in [2.24, 2.45) is 0 Å². The Morgan fingerprint density at radius 3 is 2.48 bits per heavy atom. The third-order valence-corrected chi connectivity index (χ3v) is 4.97. The number of anilines is 1. The van der Waals surface area contributed by atoms with Crippen molar-refractivity contribution in [2.75, 3.05) is 12.3 Å². The van der Waals surface area contributed by atoms with E-state index in [1.807, 2.05) is 6.07 Å². The highest BCUT2D eigenvalue weighted by atomic mass is 79.9. The first-order valence-electron chi connectivity index (χ1n) is 6.17. The average Bonchev–Trinajstić information content (AvgIpc) is 2.48. The Morgan fingerprint density at radius 2 is 1.86 bits per heavy atom. The van der Waals surface area contributed by atoms with Gasteiger partial charge in [-0.1, -0.05) is 46.3 Å². The smallest absolute Gasteiger partial charge is 0.243 e. The first-order valence-corrected chi connectivity index (χ1v) is 8.45. The minimum absolute atomic E-state index is 0.0220. The summed E-state index contributed by atoms with van der Waals surface area (Å²) >= 11 is 3.22. The fourth-order valence-electron chi connectivity index (χ4n) is 1.89. The number of sulfonamides is 1. The number of hydrogen-bond acceptors (Lipinski definition) is 4. The van der Waals surface area contributed by atoms with Crippen LogP contribution in [0.5, 0.6) is 0 Å². The van der Waals surface area contributed by atoms with Crippen molar-refractivity contribution in [1.29, 1.82) is 0 Å². The van der Waals surface area contributed by atoms with E-state index in [0.29, 0.717) is 10.0 Å². The Hall–Kier alpha value is -1.41. The lowest BCUT2D eigenvalue weighted by molar-refractivity contribution is 0.259. The maximum atomic E-state index is 12.4. The van der Waals surface area contributed by atoms with Gasteiger partial charge in [-0.3, -0.25) is 0 Å². The van der Waals surface area contributed by atoms with Crippen molar-refractivity contribution in [2.45, 2.75) is 10.9 Å². The second kappa shape index (κ2) is 6.57. The predicted octanol–water partition coefficient (Wildman–Crippen LogP) is 2.04. The van der Waals surface area contributed by atoms with Crippen LogP contribution in [0.15, 0.2) is 57.9 Å². The highest BCUT2D eigenvalue weighted by Crippen LogP contribution is 2.24. The number of benzene rings is 2. The van der Waals surface area contributed by atoms with Crippen LogP contribution < -0.4 is 10.5 Å². The van der Waals surface area contributed by atoms with Gasteiger partial charge in [0.1, 0.15) is 4.90 Å². The monoisotopic (exact) mass is 370 g/mol. The van der Waals surface area contributed by atoms with Gasteiger partial charge in [-0.15, -0.1) is 0 Å². The van der Waals surface area contributed by atoms with Crippen molar-refractivity contribution in [3.8, 4) is 0 Å². The van der Waals surface area contributed by atoms with E-state index in [4.69, 9.17) is 5.73 Å². The van der Waals surface area contributed by atoms with E-state index in [2.05, 4.69) is 20.7 Å². The van der Waals surface area contributed by atoms with Crippen LogP contribution in [0, 0.1) is 0 Å². The normalized spacial score (nSPS) is 13.0. The Labute approximate surface area is 132 Å². The SMILES string of the molecule is Nc1ccc(Br)cc1S(=O)(=O)NC(CO)c1ccccc1. The van der Waals surface area contributed by atoms with E-state index < -0.39 is 16.1 Å². The zero-order chi connectivity index (χ0) is 15.5. The zero-order valence-corrected chi connectivity index (χ0v) is 13.4. The molecule has 0 aliphatic rings. The molecule has 0 radical (unpaired) electrons. The molecule has 0 amide bonds. The third-order valence-electron chi connectivity index (χ3n) is 2.95. The second-order valence-corrected chi connectivity index (χ2v) is 7.05. The molecule has 7 heteroatoms. The lowest BCUT2D eigenvalue weighted by atomic mass is 10.1. The number of aliphatic hydroxyl groups is 1. The molecule has 5 nitrogen and oxygen atoms in total. The number of rotatable bonds is 5. The summed E-state index contributed by atoms with van der Waals surface area (Å²) in [5.74, 6) is 0. The topological polar surface area (TPSA) is 92.4 Å². The molecule has 1 atom stereocenters. The van der Waals surface area contributed by atoms with E-state index >= 15 is 0 Å². The average molecular weight is 371 g/mol. The molecule has 1 unspecified atom stereocenters. The number of aliphatic hydroxyl groups excluding tert-OH is 1. The van der Waals surface area contributed by atoms with E-state index in [-0.39, 0.29) is 17.2 Å². The highest BCUT2D eigenvalue weighted by Gasteiger charge is 2.23. The van der Waals surface area contributed by atoms with Gasteiger partial charge in [0.05, 0.1) is 18.3 Å². The second-order valence-electron chi connectivity index (χ2n) is 4.45. The molecular weight excluding hydrogens is 356 g/mol. The summed E-state index contributed by atoms with van der Waals surface area (Å²) in [6.07, 6.45) is 0. The molecule has 0 bridgehead atoms. The molecule has 0 saturated carbocycles. The van der Waals surface area contributed by atoms with Gasteiger partial charge < -0.3 is 10.8 Å². The lowest BCUT2D eigenvalue weighted by Gasteiger charge is -2.17. The van der Waals surface area contributed by atoms with Crippen molar-refractivity contribution < 1.29 is 13.5 Å². The molecule has 21 heavy (non-hydrogen) atoms. The van der Waals surface area contributed by atoms with Crippen molar-refractivity contribution in [1.82, 2.24) is 4.72 Å². The summed E-state index contributed by atoms with van der Waals surface area (Å²) in [4.78, 5) is -0.0220. The number of nitrogens with one attached hydrogen (secondary N) is 1. The van der Waals surface area contributed by atoms with Gasteiger partial charge in [-0.25, -0.2) is 13.1 Å². The predicted molar refractivity (Wildman–Crippen MR) is 85.1 cm³/mol. The first-order chi connectivity index (χ1) is 9.94. The maximum absolute atomic E-state index is 12.4. The minimum atomic E-state index is -3.84. The van der Waals surface area contributed by atoms with Crippen molar-refractivity contribution in [3.63, 3.8) is 0 Å². The summed E-state index contributed by atoms with van der Waals surface area (Å²) in [6, 6.07) is 12.7. The molecule has 2 rings (SSSR count).